The molecule has 2 heterocycles. The Kier molecular flexibility index (Phi) is 6.81. The van der Waals surface area contributed by atoms with Gasteiger partial charge in [-0.05, 0) is 77.6 Å². The number of hydrogen-bond donors (Lipinski definition) is 1. The molecule has 0 bridgehead atoms. The zero-order chi connectivity index (χ0) is 25.5. The van der Waals surface area contributed by atoms with Crippen LogP contribution in [0.25, 0.3) is 10.9 Å². The Morgan fingerprint density at radius 3 is 2.37 bits per heavy atom. The van der Waals surface area contributed by atoms with Gasteiger partial charge in [0.15, 0.2) is 0 Å². The van der Waals surface area contributed by atoms with Gasteiger partial charge in [-0.25, -0.2) is 9.98 Å². The fraction of sp³-hybridized carbons (Fsp3) is 0.467. The second-order valence-electron chi connectivity index (χ2n) is 11.5. The van der Waals surface area contributed by atoms with Gasteiger partial charge >= 0.3 is 0 Å². The van der Waals surface area contributed by atoms with Crippen LogP contribution in [0.5, 0.6) is 17.4 Å². The number of aromatic nitrogens is 1. The van der Waals surface area contributed by atoms with Crippen molar-refractivity contribution in [3.63, 3.8) is 0 Å². The van der Waals surface area contributed by atoms with E-state index >= 15 is 0 Å². The van der Waals surface area contributed by atoms with Crippen LogP contribution in [-0.4, -0.2) is 28.6 Å². The highest BCUT2D eigenvalue weighted by Gasteiger charge is 2.32. The molecule has 0 saturated heterocycles. The Hall–Kier alpha value is -3.08. The second-order valence-corrected chi connectivity index (χ2v) is 11.5. The van der Waals surface area contributed by atoms with E-state index in [2.05, 4.69) is 59.5 Å². The molecule has 5 nitrogen and oxygen atoms in total. The molecule has 3 aromatic rings. The number of aromatic hydroxyl groups is 1. The van der Waals surface area contributed by atoms with Crippen molar-refractivity contribution in [2.75, 3.05) is 6.61 Å². The third-order valence-corrected chi connectivity index (χ3v) is 6.79. The molecular weight excluding hydrogens is 436 g/mol. The number of phenolic OH excluding ortho intramolecular Hbond substituents is 1. The van der Waals surface area contributed by atoms with Crippen LogP contribution in [0, 0.1) is 24.7 Å². The first-order valence-corrected chi connectivity index (χ1v) is 12.6. The molecule has 1 aliphatic rings. The molecule has 0 unspecified atom stereocenters. The van der Waals surface area contributed by atoms with Crippen molar-refractivity contribution in [3.8, 4) is 17.4 Å². The molecule has 4 rings (SSSR count). The lowest BCUT2D eigenvalue weighted by Gasteiger charge is -2.27. The molecule has 0 aliphatic carbocycles. The average molecular weight is 475 g/mol. The molecule has 0 spiro atoms. The van der Waals surface area contributed by atoms with Gasteiger partial charge in [0.1, 0.15) is 23.6 Å². The highest BCUT2D eigenvalue weighted by atomic mass is 16.5. The number of aliphatic imine (C=N–C) groups is 1. The maximum absolute atomic E-state index is 10.4. The van der Waals surface area contributed by atoms with Crippen molar-refractivity contribution < 1.29 is 14.6 Å². The zero-order valence-corrected chi connectivity index (χ0v) is 22.2. The van der Waals surface area contributed by atoms with Crippen LogP contribution < -0.4 is 4.74 Å². The molecule has 35 heavy (non-hydrogen) atoms. The number of ether oxygens (including phenoxy) is 2. The minimum Gasteiger partial charge on any atom is -0.506 e. The second kappa shape index (κ2) is 9.52. The van der Waals surface area contributed by atoms with Crippen molar-refractivity contribution in [1.82, 2.24) is 4.98 Å². The first-order valence-electron chi connectivity index (χ1n) is 12.6. The van der Waals surface area contributed by atoms with Crippen molar-refractivity contribution >= 4 is 16.8 Å². The third kappa shape index (κ3) is 5.44. The lowest BCUT2D eigenvalue weighted by molar-refractivity contribution is 0.198. The number of aryl methyl sites for hydroxylation is 1. The molecule has 1 aromatic heterocycles. The lowest BCUT2D eigenvalue weighted by atomic mass is 9.80. The zero-order valence-electron chi connectivity index (χ0n) is 22.2. The molecule has 0 radical (unpaired) electrons. The van der Waals surface area contributed by atoms with Crippen molar-refractivity contribution in [1.29, 1.82) is 0 Å². The Balaban J connectivity index is 1.70. The van der Waals surface area contributed by atoms with E-state index < -0.39 is 0 Å². The topological polar surface area (TPSA) is 63.9 Å². The Labute approximate surface area is 209 Å². The molecule has 5 heteroatoms. The predicted molar refractivity (Wildman–Crippen MR) is 143 cm³/mol. The molecule has 2 aromatic carbocycles. The molecule has 1 aliphatic heterocycles. The summed E-state index contributed by atoms with van der Waals surface area (Å²) in [5.74, 6) is 3.46. The number of nitrogens with zero attached hydrogens (tertiary/aromatic N) is 2. The monoisotopic (exact) mass is 474 g/mol. The van der Waals surface area contributed by atoms with E-state index in [0.717, 1.165) is 22.1 Å². The number of benzene rings is 2. The maximum Gasteiger partial charge on any atom is 0.219 e. The molecule has 1 N–H and O–H groups in total. The number of fused-ring (bicyclic) bond motifs is 1. The number of pyridine rings is 1. The average Bonchev–Trinajstić information content (AvgIpc) is 3.22. The van der Waals surface area contributed by atoms with Crippen LogP contribution in [0.1, 0.15) is 65.2 Å². The number of hydrogen-bond acceptors (Lipinski definition) is 5. The normalized spacial score (nSPS) is 16.3. The summed E-state index contributed by atoms with van der Waals surface area (Å²) in [4.78, 5) is 9.59. The summed E-state index contributed by atoms with van der Waals surface area (Å²) in [6, 6.07) is 13.8. The van der Waals surface area contributed by atoms with Gasteiger partial charge in [-0.3, -0.25) is 0 Å². The largest absolute Gasteiger partial charge is 0.506 e. The summed E-state index contributed by atoms with van der Waals surface area (Å²) in [5.41, 5.74) is 3.47. The van der Waals surface area contributed by atoms with E-state index in [4.69, 9.17) is 14.5 Å². The summed E-state index contributed by atoms with van der Waals surface area (Å²) in [5, 5.41) is 11.3. The van der Waals surface area contributed by atoms with Crippen molar-refractivity contribution in [2.24, 2.45) is 22.7 Å². The highest BCUT2D eigenvalue weighted by molar-refractivity contribution is 5.96. The first kappa shape index (κ1) is 25.0. The summed E-state index contributed by atoms with van der Waals surface area (Å²) < 4.78 is 12.4. The van der Waals surface area contributed by atoms with Gasteiger partial charge in [0.05, 0.1) is 6.04 Å². The van der Waals surface area contributed by atoms with Gasteiger partial charge < -0.3 is 14.6 Å². The standard InChI is InChI=1S/C30H38N2O3/c1-17(2)27(18(3)4)24-16-34-29(31-24)21-13-22(30(6,7)8)15-23(14-21)35-26-10-9-20-11-19(5)12-25(33)28(20)32-26/h9-15,17-18,24,27,33H,16H2,1-8H3/t24-/m1/s1. The van der Waals surface area contributed by atoms with Crippen LogP contribution in [0.3, 0.4) is 0 Å². The molecular formula is C30H38N2O3. The van der Waals surface area contributed by atoms with Gasteiger partial charge in [0.2, 0.25) is 11.8 Å². The Bertz CT molecular complexity index is 1250. The van der Waals surface area contributed by atoms with E-state index in [0.29, 0.717) is 47.4 Å². The predicted octanol–water partition coefficient (Wildman–Crippen LogP) is 7.41. The van der Waals surface area contributed by atoms with Crippen molar-refractivity contribution in [2.45, 2.75) is 66.8 Å². The quantitative estimate of drug-likeness (QED) is 0.404. The summed E-state index contributed by atoms with van der Waals surface area (Å²) >= 11 is 0. The van der Waals surface area contributed by atoms with E-state index in [-0.39, 0.29) is 17.2 Å². The van der Waals surface area contributed by atoms with Crippen LogP contribution >= 0.6 is 0 Å². The summed E-state index contributed by atoms with van der Waals surface area (Å²) in [6.07, 6.45) is 0. The van der Waals surface area contributed by atoms with Gasteiger partial charge in [-0.15, -0.1) is 0 Å². The van der Waals surface area contributed by atoms with Gasteiger partial charge in [-0.1, -0.05) is 48.5 Å². The lowest BCUT2D eigenvalue weighted by Crippen LogP contribution is -2.29. The van der Waals surface area contributed by atoms with E-state index in [1.54, 1.807) is 6.07 Å². The van der Waals surface area contributed by atoms with Gasteiger partial charge in [0.25, 0.3) is 0 Å². The SMILES string of the molecule is Cc1cc(O)c2nc(Oc3cc(C4=N[C@@H](C(C(C)C)C(C)C)CO4)cc(C(C)(C)C)c3)ccc2c1. The summed E-state index contributed by atoms with van der Waals surface area (Å²) in [6.45, 7) is 18.2. The fourth-order valence-electron chi connectivity index (χ4n) is 5.14. The smallest absolute Gasteiger partial charge is 0.219 e. The minimum absolute atomic E-state index is 0.0856. The Morgan fingerprint density at radius 2 is 1.71 bits per heavy atom. The Morgan fingerprint density at radius 1 is 1.00 bits per heavy atom. The van der Waals surface area contributed by atoms with E-state index in [1.807, 2.05) is 37.3 Å². The van der Waals surface area contributed by atoms with E-state index in [9.17, 15) is 5.11 Å². The maximum atomic E-state index is 10.4. The molecule has 1 atom stereocenters. The van der Waals surface area contributed by atoms with Crippen LogP contribution in [0.2, 0.25) is 0 Å². The van der Waals surface area contributed by atoms with Crippen LogP contribution in [-0.2, 0) is 10.2 Å². The molecule has 186 valence electrons. The highest BCUT2D eigenvalue weighted by Crippen LogP contribution is 2.34. The van der Waals surface area contributed by atoms with Crippen LogP contribution in [0.4, 0.5) is 0 Å². The first-order chi connectivity index (χ1) is 16.4. The molecule has 0 saturated carbocycles. The van der Waals surface area contributed by atoms with E-state index in [1.165, 1.54) is 0 Å². The summed E-state index contributed by atoms with van der Waals surface area (Å²) in [7, 11) is 0. The number of phenols is 1. The molecule has 0 amide bonds. The minimum atomic E-state index is -0.0856. The fourth-order valence-corrected chi connectivity index (χ4v) is 5.14. The molecule has 0 fully saturated rings. The van der Waals surface area contributed by atoms with Crippen LogP contribution in [0.15, 0.2) is 47.5 Å². The van der Waals surface area contributed by atoms with Crippen molar-refractivity contribution in [3.05, 3.63) is 59.2 Å². The van der Waals surface area contributed by atoms with Gasteiger partial charge in [-0.2, -0.15) is 0 Å². The number of rotatable bonds is 6. The third-order valence-electron chi connectivity index (χ3n) is 6.79. The van der Waals surface area contributed by atoms with Gasteiger partial charge in [0, 0.05) is 17.0 Å².